The molecule has 0 atom stereocenters. The average Bonchev–Trinajstić information content (AvgIpc) is 2.96. The van der Waals surface area contributed by atoms with Crippen molar-refractivity contribution >= 4 is 15.9 Å². The second-order valence-electron chi connectivity index (χ2n) is 5.65. The van der Waals surface area contributed by atoms with Gasteiger partial charge >= 0.3 is 0 Å². The van der Waals surface area contributed by atoms with Crippen LogP contribution < -0.4 is 5.32 Å². The van der Waals surface area contributed by atoms with E-state index in [1.54, 1.807) is 12.1 Å². The highest BCUT2D eigenvalue weighted by atomic mass is 32.2. The maximum Gasteiger partial charge on any atom is 0.235 e. The molecular weight excluding hydrogens is 307 g/mol. The molecule has 0 radical (unpaired) electrons. The number of hydrogen-bond donors (Lipinski definition) is 1. The van der Waals surface area contributed by atoms with Gasteiger partial charge in [0.2, 0.25) is 15.9 Å². The van der Waals surface area contributed by atoms with Gasteiger partial charge in [0.25, 0.3) is 0 Å². The van der Waals surface area contributed by atoms with E-state index in [9.17, 15) is 17.6 Å². The highest BCUT2D eigenvalue weighted by Crippen LogP contribution is 2.25. The quantitative estimate of drug-likeness (QED) is 0.863. The summed E-state index contributed by atoms with van der Waals surface area (Å²) in [6.07, 6.45) is 4.73. The van der Waals surface area contributed by atoms with Crippen molar-refractivity contribution in [3.8, 4) is 0 Å². The van der Waals surface area contributed by atoms with E-state index in [1.807, 2.05) is 0 Å². The smallest absolute Gasteiger partial charge is 0.235 e. The van der Waals surface area contributed by atoms with Crippen LogP contribution in [0.15, 0.2) is 24.3 Å². The molecule has 122 valence electrons. The summed E-state index contributed by atoms with van der Waals surface area (Å²) in [6, 6.07) is 5.74. The molecule has 1 N–H and O–H groups in total. The van der Waals surface area contributed by atoms with E-state index in [0.717, 1.165) is 37.5 Å². The summed E-state index contributed by atoms with van der Waals surface area (Å²) < 4.78 is 37.8. The SMILES string of the molecule is CS(=O)(=O)N(CC(=O)NCc1ccc(F)cc1)C1CCCC1. The fourth-order valence-corrected chi connectivity index (χ4v) is 3.81. The van der Waals surface area contributed by atoms with Gasteiger partial charge in [-0.15, -0.1) is 0 Å². The predicted molar refractivity (Wildman–Crippen MR) is 82.1 cm³/mol. The third-order valence-corrected chi connectivity index (χ3v) is 5.14. The monoisotopic (exact) mass is 328 g/mol. The summed E-state index contributed by atoms with van der Waals surface area (Å²) in [5.41, 5.74) is 0.765. The number of sulfonamides is 1. The molecule has 0 saturated heterocycles. The van der Waals surface area contributed by atoms with Gasteiger partial charge in [0.15, 0.2) is 0 Å². The molecule has 22 heavy (non-hydrogen) atoms. The number of hydrogen-bond acceptors (Lipinski definition) is 3. The second kappa shape index (κ2) is 7.19. The van der Waals surface area contributed by atoms with Crippen LogP contribution in [-0.2, 0) is 21.4 Å². The summed E-state index contributed by atoms with van der Waals surface area (Å²) >= 11 is 0. The lowest BCUT2D eigenvalue weighted by Crippen LogP contribution is -2.44. The van der Waals surface area contributed by atoms with Gasteiger partial charge in [0.1, 0.15) is 5.82 Å². The standard InChI is InChI=1S/C15H21FN2O3S/c1-22(20,21)18(14-4-2-3-5-14)11-15(19)17-10-12-6-8-13(16)9-7-12/h6-9,14H,2-5,10-11H2,1H3,(H,17,19). The lowest BCUT2D eigenvalue weighted by molar-refractivity contribution is -0.121. The normalized spacial score (nSPS) is 16.1. The first-order valence-corrected chi connectivity index (χ1v) is 9.19. The molecule has 0 aromatic heterocycles. The number of nitrogens with zero attached hydrogens (tertiary/aromatic N) is 1. The number of benzene rings is 1. The number of halogens is 1. The van der Waals surface area contributed by atoms with Gasteiger partial charge in [-0.3, -0.25) is 4.79 Å². The molecule has 1 aromatic carbocycles. The van der Waals surface area contributed by atoms with E-state index in [-0.39, 0.29) is 30.9 Å². The van der Waals surface area contributed by atoms with E-state index in [1.165, 1.54) is 16.4 Å². The maximum absolute atomic E-state index is 12.8. The van der Waals surface area contributed by atoms with E-state index < -0.39 is 10.0 Å². The number of carbonyl (C=O) groups is 1. The zero-order chi connectivity index (χ0) is 16.2. The Kier molecular flexibility index (Phi) is 5.52. The van der Waals surface area contributed by atoms with Crippen LogP contribution in [0.1, 0.15) is 31.2 Å². The Morgan fingerprint density at radius 1 is 1.27 bits per heavy atom. The minimum Gasteiger partial charge on any atom is -0.351 e. The Balaban J connectivity index is 1.92. The molecule has 0 bridgehead atoms. The van der Waals surface area contributed by atoms with Crippen molar-refractivity contribution < 1.29 is 17.6 Å². The molecule has 1 saturated carbocycles. The van der Waals surface area contributed by atoms with Gasteiger partial charge in [-0.1, -0.05) is 25.0 Å². The highest BCUT2D eigenvalue weighted by Gasteiger charge is 2.30. The molecule has 1 fully saturated rings. The fourth-order valence-electron chi connectivity index (χ4n) is 2.71. The molecule has 0 unspecified atom stereocenters. The van der Waals surface area contributed by atoms with Crippen molar-refractivity contribution in [2.75, 3.05) is 12.8 Å². The Labute approximate surface area is 130 Å². The molecule has 1 aliphatic rings. The number of rotatable bonds is 6. The van der Waals surface area contributed by atoms with Crippen LogP contribution in [0.5, 0.6) is 0 Å². The molecule has 0 aliphatic heterocycles. The zero-order valence-corrected chi connectivity index (χ0v) is 13.4. The van der Waals surface area contributed by atoms with Crippen molar-refractivity contribution in [1.82, 2.24) is 9.62 Å². The Morgan fingerprint density at radius 2 is 1.86 bits per heavy atom. The summed E-state index contributed by atoms with van der Waals surface area (Å²) in [5.74, 6) is -0.679. The molecule has 1 aliphatic carbocycles. The number of amides is 1. The summed E-state index contributed by atoms with van der Waals surface area (Å²) in [6.45, 7) is 0.0894. The fraction of sp³-hybridized carbons (Fsp3) is 0.533. The summed E-state index contributed by atoms with van der Waals surface area (Å²) in [7, 11) is -3.41. The Bertz CT molecular complexity index is 610. The number of carbonyl (C=O) groups excluding carboxylic acids is 1. The molecule has 0 heterocycles. The van der Waals surface area contributed by atoms with Gasteiger partial charge in [-0.05, 0) is 30.5 Å². The van der Waals surface area contributed by atoms with E-state index in [0.29, 0.717) is 0 Å². The lowest BCUT2D eigenvalue weighted by Gasteiger charge is -2.25. The third kappa shape index (κ3) is 4.78. The van der Waals surface area contributed by atoms with Gasteiger partial charge in [-0.2, -0.15) is 4.31 Å². The highest BCUT2D eigenvalue weighted by molar-refractivity contribution is 7.88. The average molecular weight is 328 g/mol. The van der Waals surface area contributed by atoms with Gasteiger partial charge < -0.3 is 5.32 Å². The van der Waals surface area contributed by atoms with Crippen molar-refractivity contribution in [2.45, 2.75) is 38.3 Å². The van der Waals surface area contributed by atoms with Crippen LogP contribution >= 0.6 is 0 Å². The summed E-state index contributed by atoms with van der Waals surface area (Å²) in [5, 5.41) is 2.68. The topological polar surface area (TPSA) is 66.5 Å². The van der Waals surface area contributed by atoms with Gasteiger partial charge in [-0.25, -0.2) is 12.8 Å². The van der Waals surface area contributed by atoms with Crippen LogP contribution in [0.4, 0.5) is 4.39 Å². The van der Waals surface area contributed by atoms with Crippen LogP contribution in [0, 0.1) is 5.82 Å². The molecule has 1 aromatic rings. The largest absolute Gasteiger partial charge is 0.351 e. The zero-order valence-electron chi connectivity index (χ0n) is 12.6. The molecule has 2 rings (SSSR count). The maximum atomic E-state index is 12.8. The Morgan fingerprint density at radius 3 is 2.41 bits per heavy atom. The van der Waals surface area contributed by atoms with E-state index >= 15 is 0 Å². The van der Waals surface area contributed by atoms with Crippen LogP contribution in [-0.4, -0.2) is 37.5 Å². The van der Waals surface area contributed by atoms with Crippen molar-refractivity contribution in [1.29, 1.82) is 0 Å². The van der Waals surface area contributed by atoms with E-state index in [4.69, 9.17) is 0 Å². The second-order valence-corrected chi connectivity index (χ2v) is 7.58. The molecule has 5 nitrogen and oxygen atoms in total. The van der Waals surface area contributed by atoms with Gasteiger partial charge in [0.05, 0.1) is 12.8 Å². The van der Waals surface area contributed by atoms with E-state index in [2.05, 4.69) is 5.32 Å². The first-order valence-electron chi connectivity index (χ1n) is 7.34. The van der Waals surface area contributed by atoms with Crippen LogP contribution in [0.3, 0.4) is 0 Å². The van der Waals surface area contributed by atoms with Crippen molar-refractivity contribution in [2.24, 2.45) is 0 Å². The van der Waals surface area contributed by atoms with Gasteiger partial charge in [0, 0.05) is 12.6 Å². The first-order chi connectivity index (χ1) is 10.4. The molecular formula is C15H21FN2O3S. The minimum absolute atomic E-state index is 0.0772. The molecule has 1 amide bonds. The molecule has 0 spiro atoms. The first kappa shape index (κ1) is 16.9. The third-order valence-electron chi connectivity index (χ3n) is 3.86. The number of nitrogens with one attached hydrogen (secondary N) is 1. The molecule has 7 heteroatoms. The Hall–Kier alpha value is -1.47. The van der Waals surface area contributed by atoms with Crippen molar-refractivity contribution in [3.63, 3.8) is 0 Å². The van der Waals surface area contributed by atoms with Crippen molar-refractivity contribution in [3.05, 3.63) is 35.6 Å². The predicted octanol–water partition coefficient (Wildman–Crippen LogP) is 1.65. The van der Waals surface area contributed by atoms with Crippen LogP contribution in [0.25, 0.3) is 0 Å². The lowest BCUT2D eigenvalue weighted by atomic mass is 10.2. The van der Waals surface area contributed by atoms with Crippen LogP contribution in [0.2, 0.25) is 0 Å². The summed E-state index contributed by atoms with van der Waals surface area (Å²) in [4.78, 5) is 12.0. The minimum atomic E-state index is -3.41.